The van der Waals surface area contributed by atoms with E-state index in [-0.39, 0.29) is 0 Å². The van der Waals surface area contributed by atoms with Crippen LogP contribution in [0.2, 0.25) is 0 Å². The number of hydrogen-bond donors (Lipinski definition) is 0. The van der Waals surface area contributed by atoms with Gasteiger partial charge in [-0.1, -0.05) is 12.1 Å². The summed E-state index contributed by atoms with van der Waals surface area (Å²) in [6.07, 6.45) is 6.19. The van der Waals surface area contributed by atoms with Gasteiger partial charge in [-0.25, -0.2) is 0 Å². The molecule has 0 saturated carbocycles. The van der Waals surface area contributed by atoms with Gasteiger partial charge in [0.1, 0.15) is 0 Å². The Morgan fingerprint density at radius 2 is 1.85 bits per heavy atom. The van der Waals surface area contributed by atoms with E-state index >= 15 is 0 Å². The van der Waals surface area contributed by atoms with E-state index in [1.165, 1.54) is 54.1 Å². The number of aromatic nitrogens is 1. The maximum absolute atomic E-state index is 2.55. The predicted molar refractivity (Wildman–Crippen MR) is 86.8 cm³/mol. The molecule has 0 aliphatic carbocycles. The summed E-state index contributed by atoms with van der Waals surface area (Å²) < 4.78 is 2.33. The summed E-state index contributed by atoms with van der Waals surface area (Å²) in [7, 11) is 0. The van der Waals surface area contributed by atoms with Gasteiger partial charge in [-0.05, 0) is 48.9 Å². The third-order valence-corrected chi connectivity index (χ3v) is 5.02. The van der Waals surface area contributed by atoms with Crippen LogP contribution < -0.4 is 4.90 Å². The van der Waals surface area contributed by atoms with Crippen LogP contribution in [0.25, 0.3) is 16.1 Å². The topological polar surface area (TPSA) is 7.65 Å². The van der Waals surface area contributed by atoms with E-state index < -0.39 is 0 Å². The second kappa shape index (κ2) is 4.98. The van der Waals surface area contributed by atoms with E-state index in [9.17, 15) is 0 Å². The van der Waals surface area contributed by atoms with E-state index in [2.05, 4.69) is 57.3 Å². The molecule has 3 heteroatoms. The van der Waals surface area contributed by atoms with Crippen molar-refractivity contribution in [3.05, 3.63) is 48.0 Å². The zero-order valence-electron chi connectivity index (χ0n) is 11.5. The largest absolute Gasteiger partial charge is 0.370 e. The average Bonchev–Trinajstić information content (AvgIpc) is 3.15. The van der Waals surface area contributed by atoms with Crippen LogP contribution in [0.4, 0.5) is 5.69 Å². The molecule has 3 aromatic heterocycles. The van der Waals surface area contributed by atoms with Gasteiger partial charge in [0, 0.05) is 19.3 Å². The number of thiophene rings is 1. The maximum atomic E-state index is 2.55. The number of nitrogens with zero attached hydrogens (tertiary/aromatic N) is 2. The fraction of sp³-hybridized carbons (Fsp3) is 0.294. The van der Waals surface area contributed by atoms with Crippen molar-refractivity contribution in [3.8, 4) is 10.6 Å². The highest BCUT2D eigenvalue weighted by Crippen LogP contribution is 2.35. The van der Waals surface area contributed by atoms with Gasteiger partial charge in [0.2, 0.25) is 0 Å². The molecular weight excluding hydrogens is 264 g/mol. The standard InChI is InChI=1S/C17H18N2S/c1-3-9-18(10-4-1)15-13-16(17-8-6-12-20-17)19-11-5-2-7-14(15)19/h2,5-8,11-13H,1,3-4,9-10H2. The van der Waals surface area contributed by atoms with Crippen LogP contribution in [-0.4, -0.2) is 17.5 Å². The van der Waals surface area contributed by atoms with Gasteiger partial charge in [-0.3, -0.25) is 0 Å². The Balaban J connectivity index is 1.89. The average molecular weight is 282 g/mol. The van der Waals surface area contributed by atoms with Gasteiger partial charge < -0.3 is 9.30 Å². The summed E-state index contributed by atoms with van der Waals surface area (Å²) in [4.78, 5) is 3.89. The van der Waals surface area contributed by atoms with Gasteiger partial charge in [-0.2, -0.15) is 0 Å². The van der Waals surface area contributed by atoms with Gasteiger partial charge in [0.25, 0.3) is 0 Å². The van der Waals surface area contributed by atoms with Crippen molar-refractivity contribution in [2.24, 2.45) is 0 Å². The summed E-state index contributed by atoms with van der Waals surface area (Å²) in [5, 5.41) is 2.15. The SMILES string of the molecule is c1csc(-c2cc(N3CCCCC3)c3ccccn23)c1. The Labute approximate surface area is 123 Å². The Bertz CT molecular complexity index is 706. The van der Waals surface area contributed by atoms with Crippen molar-refractivity contribution >= 4 is 22.5 Å². The Morgan fingerprint density at radius 3 is 2.65 bits per heavy atom. The van der Waals surface area contributed by atoms with Crippen molar-refractivity contribution in [2.75, 3.05) is 18.0 Å². The highest BCUT2D eigenvalue weighted by molar-refractivity contribution is 7.13. The number of rotatable bonds is 2. The quantitative estimate of drug-likeness (QED) is 0.663. The molecule has 1 fully saturated rings. The number of piperidine rings is 1. The molecule has 1 saturated heterocycles. The lowest BCUT2D eigenvalue weighted by molar-refractivity contribution is 0.579. The van der Waals surface area contributed by atoms with Crippen molar-refractivity contribution in [1.82, 2.24) is 4.40 Å². The lowest BCUT2D eigenvalue weighted by Crippen LogP contribution is -2.29. The fourth-order valence-corrected chi connectivity index (χ4v) is 3.88. The summed E-state index contributed by atoms with van der Waals surface area (Å²) in [6, 6.07) is 13.2. The summed E-state index contributed by atoms with van der Waals surface area (Å²) in [5.41, 5.74) is 4.04. The van der Waals surface area contributed by atoms with Gasteiger partial charge in [0.05, 0.1) is 21.8 Å². The number of fused-ring (bicyclic) bond motifs is 1. The molecule has 0 bridgehead atoms. The predicted octanol–water partition coefficient (Wildman–Crippen LogP) is 4.66. The van der Waals surface area contributed by atoms with Gasteiger partial charge in [0.15, 0.2) is 0 Å². The van der Waals surface area contributed by atoms with Crippen LogP contribution in [0.5, 0.6) is 0 Å². The molecule has 0 amide bonds. The highest BCUT2D eigenvalue weighted by Gasteiger charge is 2.17. The van der Waals surface area contributed by atoms with Crippen molar-refractivity contribution in [1.29, 1.82) is 0 Å². The minimum absolute atomic E-state index is 1.19. The van der Waals surface area contributed by atoms with Gasteiger partial charge in [-0.15, -0.1) is 11.3 Å². The molecule has 4 heterocycles. The first kappa shape index (κ1) is 12.0. The second-order valence-corrected chi connectivity index (χ2v) is 6.34. The Kier molecular flexibility index (Phi) is 3.00. The molecule has 0 aromatic carbocycles. The van der Waals surface area contributed by atoms with Crippen LogP contribution >= 0.6 is 11.3 Å². The third kappa shape index (κ3) is 1.93. The zero-order chi connectivity index (χ0) is 13.4. The van der Waals surface area contributed by atoms with Crippen molar-refractivity contribution in [3.63, 3.8) is 0 Å². The summed E-state index contributed by atoms with van der Waals surface area (Å²) >= 11 is 1.81. The minimum atomic E-state index is 1.19. The van der Waals surface area contributed by atoms with E-state index in [0.717, 1.165) is 0 Å². The van der Waals surface area contributed by atoms with Gasteiger partial charge >= 0.3 is 0 Å². The molecule has 2 nitrogen and oxygen atoms in total. The number of pyridine rings is 1. The van der Waals surface area contributed by atoms with E-state index in [0.29, 0.717) is 0 Å². The molecule has 4 rings (SSSR count). The molecule has 0 atom stereocenters. The second-order valence-electron chi connectivity index (χ2n) is 5.40. The molecule has 0 unspecified atom stereocenters. The molecule has 102 valence electrons. The van der Waals surface area contributed by atoms with Crippen LogP contribution in [0.3, 0.4) is 0 Å². The minimum Gasteiger partial charge on any atom is -0.370 e. The molecule has 20 heavy (non-hydrogen) atoms. The molecule has 0 spiro atoms. The third-order valence-electron chi connectivity index (χ3n) is 4.13. The monoisotopic (exact) mass is 282 g/mol. The summed E-state index contributed by atoms with van der Waals surface area (Å²) in [6.45, 7) is 2.39. The molecular formula is C17H18N2S. The zero-order valence-corrected chi connectivity index (χ0v) is 12.3. The van der Waals surface area contributed by atoms with Crippen LogP contribution in [0.15, 0.2) is 48.0 Å². The first-order valence-corrected chi connectivity index (χ1v) is 8.20. The van der Waals surface area contributed by atoms with E-state index in [1.807, 2.05) is 11.3 Å². The number of anilines is 1. The normalized spacial score (nSPS) is 15.9. The van der Waals surface area contributed by atoms with Crippen molar-refractivity contribution in [2.45, 2.75) is 19.3 Å². The summed E-state index contributed by atoms with van der Waals surface area (Å²) in [5.74, 6) is 0. The van der Waals surface area contributed by atoms with E-state index in [1.54, 1.807) is 0 Å². The molecule has 1 aliphatic rings. The van der Waals surface area contributed by atoms with E-state index in [4.69, 9.17) is 0 Å². The van der Waals surface area contributed by atoms with Crippen molar-refractivity contribution < 1.29 is 0 Å². The Morgan fingerprint density at radius 1 is 0.950 bits per heavy atom. The van der Waals surface area contributed by atoms with Crippen LogP contribution in [0.1, 0.15) is 19.3 Å². The smallest absolute Gasteiger partial charge is 0.0691 e. The lowest BCUT2D eigenvalue weighted by Gasteiger charge is -2.28. The lowest BCUT2D eigenvalue weighted by atomic mass is 10.1. The maximum Gasteiger partial charge on any atom is 0.0691 e. The van der Waals surface area contributed by atoms with Crippen LogP contribution in [0, 0.1) is 0 Å². The Hall–Kier alpha value is -1.74. The number of hydrogen-bond acceptors (Lipinski definition) is 2. The molecule has 1 aliphatic heterocycles. The molecule has 0 N–H and O–H groups in total. The molecule has 3 aromatic rings. The first-order valence-electron chi connectivity index (χ1n) is 7.32. The molecule has 0 radical (unpaired) electrons. The fourth-order valence-electron chi connectivity index (χ4n) is 3.14. The highest BCUT2D eigenvalue weighted by atomic mass is 32.1. The van der Waals surface area contributed by atoms with Crippen LogP contribution in [-0.2, 0) is 0 Å². The first-order chi connectivity index (χ1) is 9.93.